The van der Waals surface area contributed by atoms with Crippen molar-refractivity contribution in [3.8, 4) is 23.0 Å². The lowest BCUT2D eigenvalue weighted by Gasteiger charge is -2.23. The Kier molecular flexibility index (Phi) is 4.34. The Bertz CT molecular complexity index is 990. The number of primary amides is 1. The van der Waals surface area contributed by atoms with Crippen molar-refractivity contribution < 1.29 is 9.53 Å². The van der Waals surface area contributed by atoms with E-state index in [4.69, 9.17) is 10.5 Å². The van der Waals surface area contributed by atoms with Crippen molar-refractivity contribution in [3.05, 3.63) is 65.2 Å². The van der Waals surface area contributed by atoms with Gasteiger partial charge in [0.2, 0.25) is 11.8 Å². The van der Waals surface area contributed by atoms with Crippen LogP contribution < -0.4 is 10.5 Å². The van der Waals surface area contributed by atoms with Gasteiger partial charge in [-0.1, -0.05) is 60.3 Å². The van der Waals surface area contributed by atoms with Crippen molar-refractivity contribution in [2.75, 3.05) is 5.75 Å². The summed E-state index contributed by atoms with van der Waals surface area (Å²) < 4.78 is 6.14. The number of benzene rings is 2. The van der Waals surface area contributed by atoms with Crippen molar-refractivity contribution in [3.63, 3.8) is 0 Å². The molecule has 1 aromatic heterocycles. The monoisotopic (exact) mass is 363 g/mol. The van der Waals surface area contributed by atoms with Crippen molar-refractivity contribution in [2.24, 2.45) is 5.73 Å². The fourth-order valence-electron chi connectivity index (χ4n) is 2.94. The molecule has 0 aliphatic carbocycles. The van der Waals surface area contributed by atoms with Gasteiger partial charge in [0.05, 0.1) is 11.3 Å². The lowest BCUT2D eigenvalue weighted by atomic mass is 10.0. The number of ether oxygens (including phenoxy) is 1. The summed E-state index contributed by atoms with van der Waals surface area (Å²) in [6, 6.07) is 15.8. The van der Waals surface area contributed by atoms with Gasteiger partial charge >= 0.3 is 0 Å². The molecule has 6 heteroatoms. The number of fused-ring (bicyclic) bond motifs is 2. The molecule has 0 saturated carbocycles. The highest BCUT2D eigenvalue weighted by Gasteiger charge is 2.25. The SMILES string of the molecule is Cc1cccc2c1Oc1nc(-c3ccccc3)nc(SCC(N)=O)c1C2. The van der Waals surface area contributed by atoms with Crippen LogP contribution in [-0.2, 0) is 11.2 Å². The number of hydrogen-bond donors (Lipinski definition) is 1. The molecule has 0 radical (unpaired) electrons. The fourth-order valence-corrected chi connectivity index (χ4v) is 3.70. The number of rotatable bonds is 4. The lowest BCUT2D eigenvalue weighted by Crippen LogP contribution is -2.15. The first-order valence-corrected chi connectivity index (χ1v) is 9.24. The van der Waals surface area contributed by atoms with Gasteiger partial charge in [0.15, 0.2) is 5.82 Å². The quantitative estimate of drug-likeness (QED) is 0.441. The molecule has 26 heavy (non-hydrogen) atoms. The molecular formula is C20H17N3O2S. The number of carbonyl (C=O) groups is 1. The molecule has 2 heterocycles. The van der Waals surface area contributed by atoms with E-state index in [1.54, 1.807) is 0 Å². The Labute approximate surface area is 155 Å². The molecule has 2 aromatic carbocycles. The van der Waals surface area contributed by atoms with Crippen LogP contribution in [0.1, 0.15) is 16.7 Å². The Hall–Kier alpha value is -2.86. The first-order valence-electron chi connectivity index (χ1n) is 8.25. The maximum atomic E-state index is 11.3. The van der Waals surface area contributed by atoms with Crippen LogP contribution in [0.4, 0.5) is 0 Å². The highest BCUT2D eigenvalue weighted by atomic mass is 32.2. The average Bonchev–Trinajstić information content (AvgIpc) is 2.65. The van der Waals surface area contributed by atoms with Crippen LogP contribution >= 0.6 is 11.8 Å². The van der Waals surface area contributed by atoms with Crippen LogP contribution in [0.5, 0.6) is 11.6 Å². The van der Waals surface area contributed by atoms with E-state index in [1.807, 2.05) is 55.5 Å². The number of para-hydroxylation sites is 1. The van der Waals surface area contributed by atoms with E-state index >= 15 is 0 Å². The molecule has 1 aliphatic rings. The molecule has 0 bridgehead atoms. The Morgan fingerprint density at radius 3 is 2.73 bits per heavy atom. The Balaban J connectivity index is 1.82. The Morgan fingerprint density at radius 1 is 1.15 bits per heavy atom. The van der Waals surface area contributed by atoms with E-state index in [0.29, 0.717) is 18.1 Å². The van der Waals surface area contributed by atoms with Gasteiger partial charge in [-0.15, -0.1) is 0 Å². The second-order valence-corrected chi connectivity index (χ2v) is 7.06. The highest BCUT2D eigenvalue weighted by Crippen LogP contribution is 2.41. The Morgan fingerprint density at radius 2 is 1.96 bits per heavy atom. The summed E-state index contributed by atoms with van der Waals surface area (Å²) in [6.45, 7) is 2.02. The second-order valence-electron chi connectivity index (χ2n) is 6.10. The van der Waals surface area contributed by atoms with E-state index in [2.05, 4.69) is 9.97 Å². The van der Waals surface area contributed by atoms with E-state index < -0.39 is 0 Å². The number of carbonyl (C=O) groups excluding carboxylic acids is 1. The summed E-state index contributed by atoms with van der Waals surface area (Å²) in [6.07, 6.45) is 0.669. The zero-order valence-electron chi connectivity index (χ0n) is 14.2. The summed E-state index contributed by atoms with van der Waals surface area (Å²) in [5, 5.41) is 0.736. The molecular weight excluding hydrogens is 346 g/mol. The topological polar surface area (TPSA) is 78.1 Å². The van der Waals surface area contributed by atoms with E-state index in [9.17, 15) is 4.79 Å². The zero-order valence-corrected chi connectivity index (χ0v) is 15.0. The van der Waals surface area contributed by atoms with Crippen LogP contribution in [0, 0.1) is 6.92 Å². The fraction of sp³-hybridized carbons (Fsp3) is 0.150. The molecule has 0 fully saturated rings. The molecule has 1 amide bonds. The number of aryl methyl sites for hydroxylation is 1. The largest absolute Gasteiger partial charge is 0.438 e. The van der Waals surface area contributed by atoms with Gasteiger partial charge in [0, 0.05) is 12.0 Å². The summed E-state index contributed by atoms with van der Waals surface area (Å²) >= 11 is 1.33. The predicted molar refractivity (Wildman–Crippen MR) is 101 cm³/mol. The van der Waals surface area contributed by atoms with Crippen molar-refractivity contribution in [1.29, 1.82) is 0 Å². The van der Waals surface area contributed by atoms with Crippen molar-refractivity contribution >= 4 is 17.7 Å². The minimum absolute atomic E-state index is 0.165. The number of nitrogens with two attached hydrogens (primary N) is 1. The van der Waals surface area contributed by atoms with Crippen LogP contribution in [-0.4, -0.2) is 21.6 Å². The van der Waals surface area contributed by atoms with Gasteiger partial charge in [-0.05, 0) is 18.1 Å². The third-order valence-electron chi connectivity index (χ3n) is 4.17. The molecule has 0 atom stereocenters. The van der Waals surface area contributed by atoms with E-state index in [-0.39, 0.29) is 11.7 Å². The second kappa shape index (κ2) is 6.80. The number of aromatic nitrogens is 2. The number of hydrogen-bond acceptors (Lipinski definition) is 5. The minimum atomic E-state index is -0.378. The third kappa shape index (κ3) is 3.15. The number of nitrogens with zero attached hydrogens (tertiary/aromatic N) is 2. The number of amides is 1. The lowest BCUT2D eigenvalue weighted by molar-refractivity contribution is -0.115. The van der Waals surface area contributed by atoms with Crippen LogP contribution in [0.3, 0.4) is 0 Å². The van der Waals surface area contributed by atoms with Crippen LogP contribution in [0.25, 0.3) is 11.4 Å². The van der Waals surface area contributed by atoms with Crippen molar-refractivity contribution in [1.82, 2.24) is 9.97 Å². The molecule has 130 valence electrons. The third-order valence-corrected chi connectivity index (χ3v) is 5.21. The molecule has 0 spiro atoms. The number of thioether (sulfide) groups is 1. The first kappa shape index (κ1) is 16.6. The molecule has 0 unspecified atom stereocenters. The van der Waals surface area contributed by atoms with Crippen LogP contribution in [0.15, 0.2) is 53.6 Å². The zero-order chi connectivity index (χ0) is 18.1. The van der Waals surface area contributed by atoms with Gasteiger partial charge in [-0.25, -0.2) is 4.98 Å². The predicted octanol–water partition coefficient (Wildman–Crippen LogP) is 3.73. The van der Waals surface area contributed by atoms with Gasteiger partial charge in [0.1, 0.15) is 10.8 Å². The molecule has 0 saturated heterocycles. The molecule has 2 N–H and O–H groups in total. The standard InChI is InChI=1S/C20H17N3O2S/c1-12-6-5-9-14-10-15-19(25-17(12)14)22-18(13-7-3-2-4-8-13)23-20(15)26-11-16(21)24/h2-9H,10-11H2,1H3,(H2,21,24). The van der Waals surface area contributed by atoms with E-state index in [1.165, 1.54) is 11.8 Å². The summed E-state index contributed by atoms with van der Waals surface area (Å²) in [4.78, 5) is 20.6. The summed E-state index contributed by atoms with van der Waals surface area (Å²) in [5.41, 5.74) is 9.28. The van der Waals surface area contributed by atoms with Crippen LogP contribution in [0.2, 0.25) is 0 Å². The maximum absolute atomic E-state index is 11.3. The average molecular weight is 363 g/mol. The van der Waals surface area contributed by atoms with Gasteiger partial charge < -0.3 is 10.5 Å². The van der Waals surface area contributed by atoms with E-state index in [0.717, 1.165) is 33.0 Å². The summed E-state index contributed by atoms with van der Waals surface area (Å²) in [7, 11) is 0. The maximum Gasteiger partial charge on any atom is 0.227 e. The molecule has 5 nitrogen and oxygen atoms in total. The first-order chi connectivity index (χ1) is 12.6. The van der Waals surface area contributed by atoms with Gasteiger partial charge in [0.25, 0.3) is 0 Å². The normalized spacial score (nSPS) is 12.0. The molecule has 3 aromatic rings. The van der Waals surface area contributed by atoms with Gasteiger partial charge in [-0.2, -0.15) is 4.98 Å². The highest BCUT2D eigenvalue weighted by molar-refractivity contribution is 7.99. The molecule has 1 aliphatic heterocycles. The smallest absolute Gasteiger partial charge is 0.227 e. The van der Waals surface area contributed by atoms with Crippen molar-refractivity contribution in [2.45, 2.75) is 18.4 Å². The summed E-state index contributed by atoms with van der Waals surface area (Å²) in [5.74, 6) is 1.76. The molecule has 4 rings (SSSR count). The van der Waals surface area contributed by atoms with Gasteiger partial charge in [-0.3, -0.25) is 4.79 Å². The minimum Gasteiger partial charge on any atom is -0.438 e.